The van der Waals surface area contributed by atoms with Crippen LogP contribution in [-0.2, 0) is 0 Å². The summed E-state index contributed by atoms with van der Waals surface area (Å²) in [5.74, 6) is 0.848. The summed E-state index contributed by atoms with van der Waals surface area (Å²) in [6, 6.07) is 57.5. The van der Waals surface area contributed by atoms with Gasteiger partial charge in [-0.15, -0.1) is 0 Å². The summed E-state index contributed by atoms with van der Waals surface area (Å²) in [4.78, 5) is 0. The molecule has 0 saturated heterocycles. The maximum atomic E-state index is 9.85. The van der Waals surface area contributed by atoms with E-state index in [9.17, 15) is 5.26 Å². The van der Waals surface area contributed by atoms with Crippen LogP contribution in [0.2, 0.25) is 0 Å². The molecule has 1 aliphatic carbocycles. The van der Waals surface area contributed by atoms with Crippen molar-refractivity contribution in [2.75, 3.05) is 0 Å². The Balaban J connectivity index is 1.21. The second-order valence-electron chi connectivity index (χ2n) is 13.3. The lowest BCUT2D eigenvalue weighted by Crippen LogP contribution is -2.22. The summed E-state index contributed by atoms with van der Waals surface area (Å²) < 4.78 is 6.80. The average molecular weight is 626 g/mol. The highest BCUT2D eigenvalue weighted by Crippen LogP contribution is 2.52. The molecule has 8 aromatic rings. The monoisotopic (exact) mass is 625 g/mol. The number of ether oxygens (including phenoxy) is 1. The normalized spacial score (nSPS) is 16.1. The maximum absolute atomic E-state index is 9.85. The zero-order chi connectivity index (χ0) is 32.5. The second kappa shape index (κ2) is 10.9. The van der Waals surface area contributed by atoms with Crippen molar-refractivity contribution in [3.63, 3.8) is 0 Å². The van der Waals surface area contributed by atoms with Crippen LogP contribution in [-0.4, -0.2) is 0 Å². The van der Waals surface area contributed by atoms with E-state index in [4.69, 9.17) is 4.74 Å². The molecule has 0 N–H and O–H groups in total. The van der Waals surface area contributed by atoms with E-state index in [0.29, 0.717) is 0 Å². The van der Waals surface area contributed by atoms with E-state index in [1.807, 2.05) is 0 Å². The van der Waals surface area contributed by atoms with Crippen molar-refractivity contribution in [3.05, 3.63) is 163 Å². The van der Waals surface area contributed by atoms with Crippen LogP contribution in [0.15, 0.2) is 152 Å². The van der Waals surface area contributed by atoms with Crippen molar-refractivity contribution in [1.29, 1.82) is 5.26 Å². The molecule has 0 amide bonds. The molecule has 2 unspecified atom stereocenters. The van der Waals surface area contributed by atoms with Crippen molar-refractivity contribution in [2.24, 2.45) is 0 Å². The summed E-state index contributed by atoms with van der Waals surface area (Å²) in [5, 5.41) is 17.3. The number of fused-ring (bicyclic) bond motifs is 5. The van der Waals surface area contributed by atoms with E-state index in [1.165, 1.54) is 71.3 Å². The summed E-state index contributed by atoms with van der Waals surface area (Å²) in [6.45, 7) is 0. The highest BCUT2D eigenvalue weighted by Gasteiger charge is 2.35. The number of nitrogens with zero attached hydrogens (tertiary/aromatic N) is 1. The molecule has 2 heteroatoms. The van der Waals surface area contributed by atoms with Crippen molar-refractivity contribution in [3.8, 4) is 56.3 Å². The molecule has 1 aliphatic heterocycles. The Labute approximate surface area is 285 Å². The Bertz CT molecular complexity index is 2610. The molecule has 10 rings (SSSR count). The van der Waals surface area contributed by atoms with Gasteiger partial charge in [0.15, 0.2) is 0 Å². The van der Waals surface area contributed by atoms with Crippen molar-refractivity contribution in [1.82, 2.24) is 0 Å². The highest BCUT2D eigenvalue weighted by molar-refractivity contribution is 6.24. The van der Waals surface area contributed by atoms with E-state index in [1.54, 1.807) is 0 Å². The average Bonchev–Trinajstić information content (AvgIpc) is 3.17. The fraction of sp³-hybridized carbons (Fsp3) is 0.0851. The fourth-order valence-electron chi connectivity index (χ4n) is 8.62. The molecular formula is C47H31NO. The summed E-state index contributed by atoms with van der Waals surface area (Å²) in [5.41, 5.74) is 12.0. The molecular weight excluding hydrogens is 595 g/mol. The molecule has 0 bridgehead atoms. The first-order valence-electron chi connectivity index (χ1n) is 17.1. The minimum atomic E-state index is -0.0708. The third-order valence-corrected chi connectivity index (χ3v) is 10.7. The molecule has 0 spiro atoms. The number of benzene rings is 8. The van der Waals surface area contributed by atoms with Crippen LogP contribution in [0.25, 0.3) is 76.8 Å². The van der Waals surface area contributed by atoms with E-state index < -0.39 is 0 Å². The van der Waals surface area contributed by atoms with Crippen molar-refractivity contribution >= 4 is 32.3 Å². The van der Waals surface area contributed by atoms with Crippen LogP contribution in [0.5, 0.6) is 5.75 Å². The van der Waals surface area contributed by atoms with Crippen molar-refractivity contribution in [2.45, 2.75) is 24.9 Å². The van der Waals surface area contributed by atoms with Gasteiger partial charge in [-0.25, -0.2) is 0 Å². The van der Waals surface area contributed by atoms with Crippen LogP contribution < -0.4 is 4.74 Å². The van der Waals surface area contributed by atoms with Gasteiger partial charge in [-0.1, -0.05) is 146 Å². The van der Waals surface area contributed by atoms with Crippen LogP contribution >= 0.6 is 0 Å². The minimum absolute atomic E-state index is 0.0263. The summed E-state index contributed by atoms with van der Waals surface area (Å²) >= 11 is 0. The third kappa shape index (κ3) is 4.19. The molecule has 8 aromatic carbocycles. The maximum Gasteiger partial charge on any atom is 0.128 e. The lowest BCUT2D eigenvalue weighted by Gasteiger charge is -2.35. The van der Waals surface area contributed by atoms with Gasteiger partial charge in [0.25, 0.3) is 0 Å². The molecule has 2 nitrogen and oxygen atoms in total. The van der Waals surface area contributed by atoms with Gasteiger partial charge in [-0.3, -0.25) is 0 Å². The number of hydrogen-bond acceptors (Lipinski definition) is 2. The quantitative estimate of drug-likeness (QED) is 0.183. The number of rotatable bonds is 3. The van der Waals surface area contributed by atoms with Gasteiger partial charge in [0.05, 0.1) is 12.0 Å². The molecule has 0 fully saturated rings. The Morgan fingerprint density at radius 3 is 1.76 bits per heavy atom. The number of nitriles is 1. The molecule has 230 valence electrons. The van der Waals surface area contributed by atoms with E-state index >= 15 is 0 Å². The predicted molar refractivity (Wildman–Crippen MR) is 202 cm³/mol. The zero-order valence-corrected chi connectivity index (χ0v) is 26.9. The van der Waals surface area contributed by atoms with Crippen LogP contribution in [0.3, 0.4) is 0 Å². The fourth-order valence-corrected chi connectivity index (χ4v) is 8.62. The second-order valence-corrected chi connectivity index (χ2v) is 13.3. The van der Waals surface area contributed by atoms with Crippen LogP contribution in [0.4, 0.5) is 0 Å². The standard InChI is InChI=1S/C47H31NO/c48-28-31-22-26-43-47-33(31)19-10-20-37(47)36-23-21-30(27-44(36)49-43)45-38-15-6-8-17-40(38)46(41-18-9-7-16-39(41)45)42-25-24-32(29-11-2-1-3-12-29)34-13-4-5-14-35(34)42/h1-21,23-25,27,31,43H,22,26H2. The Morgan fingerprint density at radius 1 is 0.469 bits per heavy atom. The number of hydrogen-bond donors (Lipinski definition) is 0. The molecule has 0 saturated carbocycles. The molecule has 0 radical (unpaired) electrons. The zero-order valence-electron chi connectivity index (χ0n) is 26.9. The Morgan fingerprint density at radius 2 is 1.06 bits per heavy atom. The first-order chi connectivity index (χ1) is 24.3. The summed E-state index contributed by atoms with van der Waals surface area (Å²) in [6.07, 6.45) is 1.65. The lowest BCUT2D eigenvalue weighted by molar-refractivity contribution is 0.177. The first-order valence-corrected chi connectivity index (χ1v) is 17.1. The van der Waals surface area contributed by atoms with Crippen molar-refractivity contribution < 1.29 is 4.74 Å². The third-order valence-electron chi connectivity index (χ3n) is 10.7. The minimum Gasteiger partial charge on any atom is -0.485 e. The lowest BCUT2D eigenvalue weighted by atomic mass is 9.77. The molecule has 0 aromatic heterocycles. The van der Waals surface area contributed by atoms with Gasteiger partial charge in [0, 0.05) is 11.1 Å². The first kappa shape index (κ1) is 27.9. The van der Waals surface area contributed by atoms with Gasteiger partial charge < -0.3 is 4.74 Å². The van der Waals surface area contributed by atoms with Gasteiger partial charge in [-0.2, -0.15) is 5.26 Å². The van der Waals surface area contributed by atoms with Gasteiger partial charge in [0.1, 0.15) is 11.9 Å². The molecule has 1 heterocycles. The van der Waals surface area contributed by atoms with E-state index in [-0.39, 0.29) is 12.0 Å². The molecule has 49 heavy (non-hydrogen) atoms. The highest BCUT2D eigenvalue weighted by atomic mass is 16.5. The smallest absolute Gasteiger partial charge is 0.128 e. The van der Waals surface area contributed by atoms with Gasteiger partial charge in [0.2, 0.25) is 0 Å². The predicted octanol–water partition coefficient (Wildman–Crippen LogP) is 12.6. The van der Waals surface area contributed by atoms with Crippen LogP contribution in [0, 0.1) is 11.3 Å². The largest absolute Gasteiger partial charge is 0.485 e. The van der Waals surface area contributed by atoms with Crippen LogP contribution in [0.1, 0.15) is 36.0 Å². The van der Waals surface area contributed by atoms with Gasteiger partial charge in [-0.05, 0) is 95.7 Å². The van der Waals surface area contributed by atoms with E-state index in [2.05, 4.69) is 158 Å². The van der Waals surface area contributed by atoms with Gasteiger partial charge >= 0.3 is 0 Å². The Hall–Kier alpha value is -6.17. The topological polar surface area (TPSA) is 33.0 Å². The Kier molecular flexibility index (Phi) is 6.23. The molecule has 2 atom stereocenters. The SMILES string of the molecule is N#CC1CCC2Oc3cc(-c4c5ccccc5c(-c5ccc(-c6ccccc6)c6ccccc56)c5ccccc45)ccc3-c3cccc1c32. The summed E-state index contributed by atoms with van der Waals surface area (Å²) in [7, 11) is 0. The van der Waals surface area contributed by atoms with E-state index in [0.717, 1.165) is 35.3 Å². The molecule has 2 aliphatic rings.